The molecule has 0 saturated heterocycles. The lowest BCUT2D eigenvalue weighted by Gasteiger charge is -2.42. The zero-order chi connectivity index (χ0) is 12.5. The van der Waals surface area contributed by atoms with Gasteiger partial charge in [-0.25, -0.2) is 0 Å². The fourth-order valence-electron chi connectivity index (χ4n) is 2.22. The minimum atomic E-state index is -0.194. The molecule has 0 spiro atoms. The molecule has 1 aliphatic rings. The first-order valence-electron chi connectivity index (χ1n) is 5.97. The van der Waals surface area contributed by atoms with E-state index in [0.29, 0.717) is 11.3 Å². The molecule has 4 nitrogen and oxygen atoms in total. The summed E-state index contributed by atoms with van der Waals surface area (Å²) >= 11 is 0. The highest BCUT2D eigenvalue weighted by Crippen LogP contribution is 2.35. The number of nitrogens with two attached hydrogens (primary N) is 1. The van der Waals surface area contributed by atoms with Crippen LogP contribution < -0.4 is 11.1 Å². The highest BCUT2D eigenvalue weighted by molar-refractivity contribution is 6.00. The van der Waals surface area contributed by atoms with Crippen LogP contribution in [0, 0.1) is 0 Å². The Labute approximate surface area is 101 Å². The average molecular weight is 234 g/mol. The second-order valence-corrected chi connectivity index (χ2v) is 4.71. The predicted octanol–water partition coefficient (Wildman–Crippen LogP) is 2.04. The smallest absolute Gasteiger partial charge is 0.253 e. The van der Waals surface area contributed by atoms with Crippen molar-refractivity contribution in [2.24, 2.45) is 0 Å². The van der Waals surface area contributed by atoms with Crippen molar-refractivity contribution in [2.45, 2.75) is 38.1 Å². The Kier molecular flexibility index (Phi) is 2.96. The molecule has 0 atom stereocenters. The van der Waals surface area contributed by atoms with Crippen LogP contribution in [0.4, 0.5) is 5.69 Å². The molecule has 0 radical (unpaired) electrons. The zero-order valence-corrected chi connectivity index (χ0v) is 9.99. The molecular weight excluding hydrogens is 216 g/mol. The first-order valence-corrected chi connectivity index (χ1v) is 5.97. The SMILES string of the molecule is CCC1(NC(=O)c2cc(O)ccc2N)CCC1. The van der Waals surface area contributed by atoms with Gasteiger partial charge >= 0.3 is 0 Å². The molecule has 2 rings (SSSR count). The lowest BCUT2D eigenvalue weighted by atomic mass is 9.74. The van der Waals surface area contributed by atoms with Gasteiger partial charge in [-0.3, -0.25) is 4.79 Å². The molecule has 1 aromatic rings. The van der Waals surface area contributed by atoms with Gasteiger partial charge in [-0.15, -0.1) is 0 Å². The van der Waals surface area contributed by atoms with Crippen LogP contribution in [-0.2, 0) is 0 Å². The third kappa shape index (κ3) is 2.20. The molecule has 0 bridgehead atoms. The Bertz CT molecular complexity index is 434. The molecule has 1 fully saturated rings. The molecule has 4 heteroatoms. The van der Waals surface area contributed by atoms with E-state index in [1.54, 1.807) is 6.07 Å². The average Bonchev–Trinajstić information content (AvgIpc) is 2.26. The van der Waals surface area contributed by atoms with Gasteiger partial charge in [-0.1, -0.05) is 6.92 Å². The van der Waals surface area contributed by atoms with E-state index >= 15 is 0 Å². The number of rotatable bonds is 3. The first kappa shape index (κ1) is 11.8. The standard InChI is InChI=1S/C13H18N2O2/c1-2-13(6-3-7-13)15-12(17)10-8-9(16)4-5-11(10)14/h4-5,8,16H,2-3,6-7,14H2,1H3,(H,15,17). The highest BCUT2D eigenvalue weighted by atomic mass is 16.3. The topological polar surface area (TPSA) is 75.3 Å². The van der Waals surface area contributed by atoms with Gasteiger partial charge in [0.2, 0.25) is 0 Å². The van der Waals surface area contributed by atoms with Gasteiger partial charge in [0.15, 0.2) is 0 Å². The monoisotopic (exact) mass is 234 g/mol. The number of nitrogen functional groups attached to an aromatic ring is 1. The van der Waals surface area contributed by atoms with Crippen LogP contribution in [0.1, 0.15) is 43.0 Å². The van der Waals surface area contributed by atoms with E-state index in [9.17, 15) is 9.90 Å². The number of hydrogen-bond acceptors (Lipinski definition) is 3. The quantitative estimate of drug-likeness (QED) is 0.553. The summed E-state index contributed by atoms with van der Waals surface area (Å²) in [6, 6.07) is 4.43. The highest BCUT2D eigenvalue weighted by Gasteiger charge is 2.36. The molecule has 17 heavy (non-hydrogen) atoms. The summed E-state index contributed by atoms with van der Waals surface area (Å²) in [6.07, 6.45) is 4.13. The van der Waals surface area contributed by atoms with Crippen molar-refractivity contribution in [1.29, 1.82) is 0 Å². The predicted molar refractivity (Wildman–Crippen MR) is 66.9 cm³/mol. The van der Waals surface area contributed by atoms with Gasteiger partial charge in [0.05, 0.1) is 5.56 Å². The van der Waals surface area contributed by atoms with Crippen molar-refractivity contribution in [3.8, 4) is 5.75 Å². The molecular formula is C13H18N2O2. The number of carbonyl (C=O) groups excluding carboxylic acids is 1. The van der Waals surface area contributed by atoms with Crippen molar-refractivity contribution in [2.75, 3.05) is 5.73 Å². The number of phenols is 1. The number of amides is 1. The maximum Gasteiger partial charge on any atom is 0.253 e. The Morgan fingerprint density at radius 3 is 2.76 bits per heavy atom. The lowest BCUT2D eigenvalue weighted by molar-refractivity contribution is 0.0821. The van der Waals surface area contributed by atoms with Crippen LogP contribution in [0.25, 0.3) is 0 Å². The number of hydrogen-bond donors (Lipinski definition) is 3. The summed E-state index contributed by atoms with van der Waals surface area (Å²) in [5, 5.41) is 12.4. The van der Waals surface area contributed by atoms with Crippen LogP contribution in [0.3, 0.4) is 0 Å². The summed E-state index contributed by atoms with van der Waals surface area (Å²) in [5.41, 5.74) is 6.42. The second kappa shape index (κ2) is 4.28. The molecule has 0 unspecified atom stereocenters. The second-order valence-electron chi connectivity index (χ2n) is 4.71. The summed E-state index contributed by atoms with van der Waals surface area (Å²) in [6.45, 7) is 2.07. The fourth-order valence-corrected chi connectivity index (χ4v) is 2.22. The lowest BCUT2D eigenvalue weighted by Crippen LogP contribution is -2.53. The summed E-state index contributed by atoms with van der Waals surface area (Å²) in [5.74, 6) is -0.136. The Balaban J connectivity index is 2.17. The van der Waals surface area contributed by atoms with E-state index in [1.807, 2.05) is 0 Å². The normalized spacial score (nSPS) is 17.2. The Hall–Kier alpha value is -1.71. The third-order valence-electron chi connectivity index (χ3n) is 3.65. The molecule has 1 aromatic carbocycles. The summed E-state index contributed by atoms with van der Waals surface area (Å²) in [7, 11) is 0. The molecule has 0 aliphatic heterocycles. The van der Waals surface area contributed by atoms with Crippen LogP contribution in [0.15, 0.2) is 18.2 Å². The fraction of sp³-hybridized carbons (Fsp3) is 0.462. The van der Waals surface area contributed by atoms with Crippen LogP contribution in [0.2, 0.25) is 0 Å². The number of benzene rings is 1. The molecule has 1 amide bonds. The van der Waals surface area contributed by atoms with Gasteiger partial charge in [-0.2, -0.15) is 0 Å². The van der Waals surface area contributed by atoms with E-state index in [4.69, 9.17) is 5.73 Å². The van der Waals surface area contributed by atoms with Crippen LogP contribution in [-0.4, -0.2) is 16.6 Å². The molecule has 0 aromatic heterocycles. The van der Waals surface area contributed by atoms with E-state index in [0.717, 1.165) is 25.7 Å². The Morgan fingerprint density at radius 1 is 1.53 bits per heavy atom. The minimum absolute atomic E-state index is 0.0588. The van der Waals surface area contributed by atoms with Crippen molar-refractivity contribution in [1.82, 2.24) is 5.32 Å². The molecule has 1 saturated carbocycles. The number of aromatic hydroxyl groups is 1. The minimum Gasteiger partial charge on any atom is -0.508 e. The van der Waals surface area contributed by atoms with Gasteiger partial charge < -0.3 is 16.2 Å². The van der Waals surface area contributed by atoms with Gasteiger partial charge in [0.1, 0.15) is 5.75 Å². The molecule has 4 N–H and O–H groups in total. The van der Waals surface area contributed by atoms with E-state index in [-0.39, 0.29) is 17.2 Å². The maximum absolute atomic E-state index is 12.1. The summed E-state index contributed by atoms with van der Waals surface area (Å²) < 4.78 is 0. The zero-order valence-electron chi connectivity index (χ0n) is 9.99. The van der Waals surface area contributed by atoms with E-state index in [2.05, 4.69) is 12.2 Å². The van der Waals surface area contributed by atoms with Gasteiger partial charge in [0, 0.05) is 11.2 Å². The number of anilines is 1. The molecule has 1 aliphatic carbocycles. The van der Waals surface area contributed by atoms with Crippen molar-refractivity contribution < 1.29 is 9.90 Å². The number of nitrogens with one attached hydrogen (secondary N) is 1. The van der Waals surface area contributed by atoms with Crippen molar-refractivity contribution in [3.63, 3.8) is 0 Å². The van der Waals surface area contributed by atoms with Crippen molar-refractivity contribution in [3.05, 3.63) is 23.8 Å². The van der Waals surface area contributed by atoms with E-state index in [1.165, 1.54) is 12.1 Å². The van der Waals surface area contributed by atoms with Gasteiger partial charge in [-0.05, 0) is 43.9 Å². The molecule has 0 heterocycles. The first-order chi connectivity index (χ1) is 8.06. The summed E-state index contributed by atoms with van der Waals surface area (Å²) in [4.78, 5) is 12.1. The number of phenolic OH excluding ortho intramolecular Hbond substituents is 1. The maximum atomic E-state index is 12.1. The largest absolute Gasteiger partial charge is 0.508 e. The van der Waals surface area contributed by atoms with Crippen LogP contribution in [0.5, 0.6) is 5.75 Å². The Morgan fingerprint density at radius 2 is 2.24 bits per heavy atom. The molecule has 92 valence electrons. The third-order valence-corrected chi connectivity index (χ3v) is 3.65. The van der Waals surface area contributed by atoms with Crippen molar-refractivity contribution >= 4 is 11.6 Å². The van der Waals surface area contributed by atoms with E-state index < -0.39 is 0 Å². The van der Waals surface area contributed by atoms with Crippen LogP contribution >= 0.6 is 0 Å². The van der Waals surface area contributed by atoms with Gasteiger partial charge in [0.25, 0.3) is 5.91 Å². The number of carbonyl (C=O) groups is 1.